The number of aliphatic hydroxyl groups is 1. The van der Waals surface area contributed by atoms with E-state index >= 15 is 0 Å². The van der Waals surface area contributed by atoms with E-state index in [1.807, 2.05) is 55.5 Å². The minimum atomic E-state index is -0.484. The number of rotatable bonds is 4. The Morgan fingerprint density at radius 1 is 1.06 bits per heavy atom. The molecule has 0 aromatic heterocycles. The highest BCUT2D eigenvalue weighted by molar-refractivity contribution is 14.1. The van der Waals surface area contributed by atoms with Crippen molar-refractivity contribution < 1.29 is 9.84 Å². The lowest BCUT2D eigenvalue weighted by atomic mass is 10.1. The zero-order valence-corrected chi connectivity index (χ0v) is 12.3. The van der Waals surface area contributed by atoms with E-state index < -0.39 is 6.10 Å². The molecule has 0 radical (unpaired) electrons. The average molecular weight is 354 g/mol. The van der Waals surface area contributed by atoms with Crippen LogP contribution < -0.4 is 4.74 Å². The summed E-state index contributed by atoms with van der Waals surface area (Å²) in [5.74, 6) is 1.53. The monoisotopic (exact) mass is 354 g/mol. The average Bonchev–Trinajstić information content (AvgIpc) is 2.41. The fourth-order valence-electron chi connectivity index (χ4n) is 1.71. The minimum Gasteiger partial charge on any atom is -0.456 e. The molecule has 0 saturated heterocycles. The van der Waals surface area contributed by atoms with Crippen molar-refractivity contribution in [3.05, 3.63) is 57.7 Å². The molecule has 1 atom stereocenters. The maximum atomic E-state index is 9.98. The number of para-hydroxylation sites is 2. The summed E-state index contributed by atoms with van der Waals surface area (Å²) in [6, 6.07) is 15.5. The molecule has 0 heterocycles. The number of aliphatic hydroxyl groups excluding tert-OH is 1. The van der Waals surface area contributed by atoms with Crippen LogP contribution in [-0.2, 0) is 0 Å². The second kappa shape index (κ2) is 6.20. The van der Waals surface area contributed by atoms with Crippen LogP contribution in [0.4, 0.5) is 0 Å². The van der Waals surface area contributed by atoms with Crippen molar-refractivity contribution in [2.45, 2.75) is 19.4 Å². The molecule has 2 aromatic rings. The number of ether oxygens (including phenoxy) is 1. The second-order valence-electron chi connectivity index (χ2n) is 3.99. The number of benzene rings is 2. The first-order valence-corrected chi connectivity index (χ1v) is 6.99. The quantitative estimate of drug-likeness (QED) is 0.818. The highest BCUT2D eigenvalue weighted by atomic mass is 127. The van der Waals surface area contributed by atoms with E-state index in [2.05, 4.69) is 22.6 Å². The Labute approximate surface area is 121 Å². The predicted octanol–water partition coefficient (Wildman–Crippen LogP) is 4.53. The highest BCUT2D eigenvalue weighted by Crippen LogP contribution is 2.32. The molecule has 1 N–H and O–H groups in total. The maximum absolute atomic E-state index is 9.98. The van der Waals surface area contributed by atoms with Gasteiger partial charge in [0.25, 0.3) is 0 Å². The molecule has 94 valence electrons. The third kappa shape index (κ3) is 3.03. The lowest BCUT2D eigenvalue weighted by Gasteiger charge is -2.15. The Morgan fingerprint density at radius 3 is 2.33 bits per heavy atom. The topological polar surface area (TPSA) is 29.5 Å². The van der Waals surface area contributed by atoms with Crippen molar-refractivity contribution >= 4 is 22.6 Å². The van der Waals surface area contributed by atoms with E-state index in [9.17, 15) is 5.11 Å². The van der Waals surface area contributed by atoms with Crippen molar-refractivity contribution in [2.75, 3.05) is 0 Å². The van der Waals surface area contributed by atoms with E-state index in [4.69, 9.17) is 4.74 Å². The molecule has 2 nitrogen and oxygen atoms in total. The van der Waals surface area contributed by atoms with Crippen molar-refractivity contribution in [1.82, 2.24) is 0 Å². The summed E-state index contributed by atoms with van der Waals surface area (Å²) in [6.45, 7) is 1.95. The predicted molar refractivity (Wildman–Crippen MR) is 80.9 cm³/mol. The number of hydrogen-bond donors (Lipinski definition) is 1. The Kier molecular flexibility index (Phi) is 4.60. The third-order valence-electron chi connectivity index (χ3n) is 2.72. The van der Waals surface area contributed by atoms with Gasteiger partial charge in [-0.15, -0.1) is 0 Å². The van der Waals surface area contributed by atoms with Gasteiger partial charge >= 0.3 is 0 Å². The van der Waals surface area contributed by atoms with Crippen molar-refractivity contribution in [3.63, 3.8) is 0 Å². The molecule has 2 rings (SSSR count). The van der Waals surface area contributed by atoms with Gasteiger partial charge in [0.2, 0.25) is 0 Å². The summed E-state index contributed by atoms with van der Waals surface area (Å²) < 4.78 is 6.95. The molecule has 0 spiro atoms. The van der Waals surface area contributed by atoms with Crippen molar-refractivity contribution in [3.8, 4) is 11.5 Å². The standard InChI is InChI=1S/C15H15IO2/c1-2-13(17)11-7-3-5-9-14(11)18-15-10-6-4-8-12(15)16/h3-10,13,17H,2H2,1H3. The molecule has 0 bridgehead atoms. The largest absolute Gasteiger partial charge is 0.456 e. The number of halogens is 1. The van der Waals surface area contributed by atoms with E-state index in [1.165, 1.54) is 0 Å². The molecule has 1 unspecified atom stereocenters. The third-order valence-corrected chi connectivity index (χ3v) is 3.61. The van der Waals surface area contributed by atoms with Gasteiger partial charge in [0.05, 0.1) is 9.67 Å². The fourth-order valence-corrected chi connectivity index (χ4v) is 2.21. The van der Waals surface area contributed by atoms with Gasteiger partial charge in [-0.25, -0.2) is 0 Å². The Balaban J connectivity index is 2.32. The maximum Gasteiger partial charge on any atom is 0.140 e. The van der Waals surface area contributed by atoms with Crippen LogP contribution >= 0.6 is 22.6 Å². The molecule has 0 aliphatic carbocycles. The van der Waals surface area contributed by atoms with E-state index in [1.54, 1.807) is 0 Å². The van der Waals surface area contributed by atoms with Gasteiger partial charge < -0.3 is 9.84 Å². The van der Waals surface area contributed by atoms with Gasteiger partial charge in [-0.3, -0.25) is 0 Å². The molecule has 0 fully saturated rings. The first kappa shape index (κ1) is 13.4. The summed E-state index contributed by atoms with van der Waals surface area (Å²) in [4.78, 5) is 0. The first-order chi connectivity index (χ1) is 8.72. The first-order valence-electron chi connectivity index (χ1n) is 5.91. The van der Waals surface area contributed by atoms with Crippen LogP contribution in [0.2, 0.25) is 0 Å². The Hall–Kier alpha value is -1.07. The van der Waals surface area contributed by atoms with Gasteiger partial charge in [0, 0.05) is 5.56 Å². The van der Waals surface area contributed by atoms with Crippen LogP contribution in [0.3, 0.4) is 0 Å². The zero-order valence-electron chi connectivity index (χ0n) is 10.1. The summed E-state index contributed by atoms with van der Waals surface area (Å²) in [5.41, 5.74) is 0.833. The Morgan fingerprint density at radius 2 is 1.67 bits per heavy atom. The Bertz CT molecular complexity index is 525. The molecular weight excluding hydrogens is 339 g/mol. The smallest absolute Gasteiger partial charge is 0.140 e. The van der Waals surface area contributed by atoms with Crippen LogP contribution in [0.5, 0.6) is 11.5 Å². The zero-order chi connectivity index (χ0) is 13.0. The van der Waals surface area contributed by atoms with Crippen LogP contribution in [-0.4, -0.2) is 5.11 Å². The van der Waals surface area contributed by atoms with Crippen LogP contribution in [0.1, 0.15) is 25.0 Å². The van der Waals surface area contributed by atoms with E-state index in [-0.39, 0.29) is 0 Å². The van der Waals surface area contributed by atoms with Crippen LogP contribution in [0, 0.1) is 3.57 Å². The molecule has 18 heavy (non-hydrogen) atoms. The summed E-state index contributed by atoms with van der Waals surface area (Å²) >= 11 is 2.24. The second-order valence-corrected chi connectivity index (χ2v) is 5.16. The summed E-state index contributed by atoms with van der Waals surface area (Å²) in [5, 5.41) is 9.98. The van der Waals surface area contributed by atoms with Gasteiger partial charge in [0.15, 0.2) is 0 Å². The molecule has 2 aromatic carbocycles. The van der Waals surface area contributed by atoms with Gasteiger partial charge in [-0.1, -0.05) is 37.3 Å². The normalized spacial score (nSPS) is 12.2. The SMILES string of the molecule is CCC(O)c1ccccc1Oc1ccccc1I. The van der Waals surface area contributed by atoms with E-state index in [0.29, 0.717) is 6.42 Å². The molecular formula is C15H15IO2. The van der Waals surface area contributed by atoms with E-state index in [0.717, 1.165) is 20.6 Å². The molecule has 0 saturated carbocycles. The van der Waals surface area contributed by atoms with Crippen molar-refractivity contribution in [1.29, 1.82) is 0 Å². The fraction of sp³-hybridized carbons (Fsp3) is 0.200. The van der Waals surface area contributed by atoms with Crippen LogP contribution in [0.15, 0.2) is 48.5 Å². The van der Waals surface area contributed by atoms with Crippen LogP contribution in [0.25, 0.3) is 0 Å². The molecule has 0 aliphatic rings. The molecule has 3 heteroatoms. The molecule has 0 amide bonds. The lowest BCUT2D eigenvalue weighted by molar-refractivity contribution is 0.170. The lowest BCUT2D eigenvalue weighted by Crippen LogP contribution is -1.99. The highest BCUT2D eigenvalue weighted by Gasteiger charge is 2.12. The summed E-state index contributed by atoms with van der Waals surface area (Å²) in [6.07, 6.45) is 0.189. The summed E-state index contributed by atoms with van der Waals surface area (Å²) in [7, 11) is 0. The van der Waals surface area contributed by atoms with Gasteiger partial charge in [0.1, 0.15) is 11.5 Å². The minimum absolute atomic E-state index is 0.484. The molecule has 0 aliphatic heterocycles. The van der Waals surface area contributed by atoms with Gasteiger partial charge in [-0.05, 0) is 47.2 Å². The van der Waals surface area contributed by atoms with Gasteiger partial charge in [-0.2, -0.15) is 0 Å². The number of hydrogen-bond acceptors (Lipinski definition) is 2. The van der Waals surface area contributed by atoms with Crippen molar-refractivity contribution in [2.24, 2.45) is 0 Å².